The van der Waals surface area contributed by atoms with Crippen molar-refractivity contribution in [2.45, 2.75) is 6.92 Å². The van der Waals surface area contributed by atoms with Gasteiger partial charge in [0.05, 0.1) is 12.8 Å². The SMILES string of the molecule is CCOc1ccncc1OCOC. The van der Waals surface area contributed by atoms with E-state index in [2.05, 4.69) is 4.98 Å². The average molecular weight is 183 g/mol. The van der Waals surface area contributed by atoms with Crippen molar-refractivity contribution in [1.82, 2.24) is 4.98 Å². The number of methoxy groups -OCH3 is 1. The van der Waals surface area contributed by atoms with Crippen LogP contribution in [0.15, 0.2) is 18.5 Å². The third-order valence-corrected chi connectivity index (χ3v) is 1.38. The number of hydrogen-bond donors (Lipinski definition) is 0. The second kappa shape index (κ2) is 5.37. The lowest BCUT2D eigenvalue weighted by molar-refractivity contribution is 0.0484. The Morgan fingerprint density at radius 1 is 1.31 bits per heavy atom. The van der Waals surface area contributed by atoms with Gasteiger partial charge in [-0.3, -0.25) is 4.98 Å². The van der Waals surface area contributed by atoms with E-state index in [9.17, 15) is 0 Å². The molecule has 0 fully saturated rings. The van der Waals surface area contributed by atoms with Crippen molar-refractivity contribution >= 4 is 0 Å². The molecule has 0 unspecified atom stereocenters. The standard InChI is InChI=1S/C9H13NO3/c1-3-12-8-4-5-10-6-9(8)13-7-11-2/h4-6H,3,7H2,1-2H3. The minimum absolute atomic E-state index is 0.200. The van der Waals surface area contributed by atoms with E-state index in [1.54, 1.807) is 25.6 Å². The van der Waals surface area contributed by atoms with Crippen molar-refractivity contribution in [2.75, 3.05) is 20.5 Å². The average Bonchev–Trinajstić information content (AvgIpc) is 2.17. The molecule has 1 aromatic rings. The molecule has 0 spiro atoms. The van der Waals surface area contributed by atoms with Crippen molar-refractivity contribution in [3.63, 3.8) is 0 Å². The topological polar surface area (TPSA) is 40.6 Å². The Kier molecular flexibility index (Phi) is 4.05. The second-order valence-corrected chi connectivity index (χ2v) is 2.31. The first-order chi connectivity index (χ1) is 6.38. The summed E-state index contributed by atoms with van der Waals surface area (Å²) in [5.41, 5.74) is 0. The Hall–Kier alpha value is -1.29. The smallest absolute Gasteiger partial charge is 0.189 e. The first-order valence-electron chi connectivity index (χ1n) is 4.07. The van der Waals surface area contributed by atoms with Crippen LogP contribution < -0.4 is 9.47 Å². The monoisotopic (exact) mass is 183 g/mol. The van der Waals surface area contributed by atoms with Crippen LogP contribution >= 0.6 is 0 Å². The number of pyridine rings is 1. The Labute approximate surface area is 77.5 Å². The second-order valence-electron chi connectivity index (χ2n) is 2.31. The molecule has 0 atom stereocenters. The number of hydrogen-bond acceptors (Lipinski definition) is 4. The Morgan fingerprint density at radius 2 is 2.15 bits per heavy atom. The van der Waals surface area contributed by atoms with Crippen molar-refractivity contribution < 1.29 is 14.2 Å². The van der Waals surface area contributed by atoms with Gasteiger partial charge in [0.1, 0.15) is 0 Å². The van der Waals surface area contributed by atoms with Gasteiger partial charge < -0.3 is 14.2 Å². The lowest BCUT2D eigenvalue weighted by atomic mass is 10.4. The highest BCUT2D eigenvalue weighted by Crippen LogP contribution is 2.24. The van der Waals surface area contributed by atoms with Gasteiger partial charge in [0, 0.05) is 19.4 Å². The van der Waals surface area contributed by atoms with E-state index >= 15 is 0 Å². The zero-order chi connectivity index (χ0) is 9.52. The zero-order valence-corrected chi connectivity index (χ0v) is 7.82. The molecule has 4 heteroatoms. The molecule has 0 saturated heterocycles. The van der Waals surface area contributed by atoms with Gasteiger partial charge in [0.25, 0.3) is 0 Å². The van der Waals surface area contributed by atoms with E-state index in [0.29, 0.717) is 18.1 Å². The lowest BCUT2D eigenvalue weighted by Crippen LogP contribution is -2.02. The van der Waals surface area contributed by atoms with Crippen LogP contribution in [-0.4, -0.2) is 25.5 Å². The van der Waals surface area contributed by atoms with Gasteiger partial charge in [0.2, 0.25) is 0 Å². The molecule has 0 saturated carbocycles. The van der Waals surface area contributed by atoms with Gasteiger partial charge in [-0.1, -0.05) is 0 Å². The van der Waals surface area contributed by atoms with Gasteiger partial charge in [-0.25, -0.2) is 0 Å². The molecule has 0 amide bonds. The first-order valence-corrected chi connectivity index (χ1v) is 4.07. The summed E-state index contributed by atoms with van der Waals surface area (Å²) in [5.74, 6) is 1.29. The first kappa shape index (κ1) is 9.80. The fourth-order valence-corrected chi connectivity index (χ4v) is 0.873. The van der Waals surface area contributed by atoms with Gasteiger partial charge >= 0.3 is 0 Å². The van der Waals surface area contributed by atoms with Gasteiger partial charge in [0.15, 0.2) is 18.3 Å². The molecule has 1 rings (SSSR count). The Morgan fingerprint density at radius 3 is 2.85 bits per heavy atom. The van der Waals surface area contributed by atoms with Gasteiger partial charge in [-0.15, -0.1) is 0 Å². The quantitative estimate of drug-likeness (QED) is 0.648. The van der Waals surface area contributed by atoms with E-state index in [1.165, 1.54) is 0 Å². The van der Waals surface area contributed by atoms with Crippen LogP contribution in [0.1, 0.15) is 6.92 Å². The van der Waals surface area contributed by atoms with Crippen LogP contribution in [0.25, 0.3) is 0 Å². The summed E-state index contributed by atoms with van der Waals surface area (Å²) in [4.78, 5) is 3.92. The maximum atomic E-state index is 5.31. The minimum Gasteiger partial charge on any atom is -0.490 e. The Balaban J connectivity index is 2.66. The number of aromatic nitrogens is 1. The largest absolute Gasteiger partial charge is 0.490 e. The predicted molar refractivity (Wildman–Crippen MR) is 47.9 cm³/mol. The summed E-state index contributed by atoms with van der Waals surface area (Å²) in [6.45, 7) is 2.72. The van der Waals surface area contributed by atoms with Gasteiger partial charge in [-0.2, -0.15) is 0 Å². The molecular formula is C9H13NO3. The molecule has 0 bridgehead atoms. The van der Waals surface area contributed by atoms with Gasteiger partial charge in [-0.05, 0) is 6.92 Å². The maximum absolute atomic E-state index is 5.31. The number of ether oxygens (including phenoxy) is 3. The van der Waals surface area contributed by atoms with Crippen LogP contribution in [0.3, 0.4) is 0 Å². The molecule has 1 aromatic heterocycles. The number of rotatable bonds is 5. The summed E-state index contributed by atoms with van der Waals surface area (Å²) < 4.78 is 15.3. The van der Waals surface area contributed by atoms with Crippen LogP contribution in [0.4, 0.5) is 0 Å². The highest BCUT2D eigenvalue weighted by atomic mass is 16.7. The fraction of sp³-hybridized carbons (Fsp3) is 0.444. The van der Waals surface area contributed by atoms with E-state index in [4.69, 9.17) is 14.2 Å². The Bertz CT molecular complexity index is 252. The number of nitrogens with zero attached hydrogens (tertiary/aromatic N) is 1. The summed E-state index contributed by atoms with van der Waals surface area (Å²) in [5, 5.41) is 0. The normalized spacial score (nSPS) is 9.69. The van der Waals surface area contributed by atoms with Crippen molar-refractivity contribution in [3.8, 4) is 11.5 Å². The summed E-state index contributed by atoms with van der Waals surface area (Å²) in [6, 6.07) is 1.76. The molecule has 1 heterocycles. The fourth-order valence-electron chi connectivity index (χ4n) is 0.873. The molecule has 4 nitrogen and oxygen atoms in total. The van der Waals surface area contributed by atoms with Crippen molar-refractivity contribution in [3.05, 3.63) is 18.5 Å². The van der Waals surface area contributed by atoms with E-state index in [0.717, 1.165) is 0 Å². The van der Waals surface area contributed by atoms with Crippen LogP contribution in [0, 0.1) is 0 Å². The van der Waals surface area contributed by atoms with Crippen molar-refractivity contribution in [2.24, 2.45) is 0 Å². The molecule has 72 valence electrons. The van der Waals surface area contributed by atoms with E-state index in [-0.39, 0.29) is 6.79 Å². The van der Waals surface area contributed by atoms with Crippen LogP contribution in [-0.2, 0) is 4.74 Å². The molecule has 0 aliphatic rings. The molecule has 13 heavy (non-hydrogen) atoms. The summed E-state index contributed by atoms with van der Waals surface area (Å²) >= 11 is 0. The summed E-state index contributed by atoms with van der Waals surface area (Å²) in [6.07, 6.45) is 3.26. The molecule has 0 N–H and O–H groups in total. The molecule has 0 aliphatic carbocycles. The molecule has 0 aromatic carbocycles. The molecule has 0 aliphatic heterocycles. The van der Waals surface area contributed by atoms with Crippen LogP contribution in [0.5, 0.6) is 11.5 Å². The highest BCUT2D eigenvalue weighted by molar-refractivity contribution is 5.36. The third kappa shape index (κ3) is 2.91. The predicted octanol–water partition coefficient (Wildman–Crippen LogP) is 1.46. The third-order valence-electron chi connectivity index (χ3n) is 1.38. The lowest BCUT2D eigenvalue weighted by Gasteiger charge is -2.09. The van der Waals surface area contributed by atoms with E-state index < -0.39 is 0 Å². The molecule has 0 radical (unpaired) electrons. The zero-order valence-electron chi connectivity index (χ0n) is 7.82. The molecular weight excluding hydrogens is 170 g/mol. The highest BCUT2D eigenvalue weighted by Gasteiger charge is 2.02. The maximum Gasteiger partial charge on any atom is 0.189 e. The summed E-state index contributed by atoms with van der Waals surface area (Å²) in [7, 11) is 1.57. The van der Waals surface area contributed by atoms with Crippen molar-refractivity contribution in [1.29, 1.82) is 0 Å². The van der Waals surface area contributed by atoms with Crippen LogP contribution in [0.2, 0.25) is 0 Å². The van der Waals surface area contributed by atoms with E-state index in [1.807, 2.05) is 6.92 Å². The minimum atomic E-state index is 0.200.